The maximum absolute atomic E-state index is 11.0. The minimum atomic E-state index is -0.429. The maximum Gasteiger partial charge on any atom is 0.305 e. The fourth-order valence-corrected chi connectivity index (χ4v) is 2.89. The van der Waals surface area contributed by atoms with Crippen molar-refractivity contribution >= 4 is 5.97 Å². The number of aliphatic hydroxyl groups excluding tert-OH is 1. The van der Waals surface area contributed by atoms with Gasteiger partial charge in [-0.15, -0.1) is 5.92 Å². The van der Waals surface area contributed by atoms with E-state index in [1.54, 1.807) is 0 Å². The van der Waals surface area contributed by atoms with Gasteiger partial charge in [0.1, 0.15) is 6.10 Å². The Hall–Kier alpha value is -1.27. The summed E-state index contributed by atoms with van der Waals surface area (Å²) in [6.45, 7) is 2.17. The molecule has 0 heterocycles. The van der Waals surface area contributed by atoms with E-state index in [4.69, 9.17) is 0 Å². The molecule has 0 bridgehead atoms. The van der Waals surface area contributed by atoms with E-state index >= 15 is 0 Å². The molecule has 0 saturated heterocycles. The van der Waals surface area contributed by atoms with E-state index in [0.717, 1.165) is 50.4 Å². The molecule has 0 radical (unpaired) electrons. The number of unbranched alkanes of at least 4 members (excludes halogenated alkanes) is 3. The first-order valence-corrected chi connectivity index (χ1v) is 9.55. The van der Waals surface area contributed by atoms with Gasteiger partial charge in [-0.05, 0) is 56.8 Å². The van der Waals surface area contributed by atoms with Crippen molar-refractivity contribution in [3.8, 4) is 11.8 Å². The van der Waals surface area contributed by atoms with Gasteiger partial charge in [-0.2, -0.15) is 0 Å². The molecule has 0 aromatic carbocycles. The van der Waals surface area contributed by atoms with Crippen molar-refractivity contribution in [2.75, 3.05) is 7.11 Å². The molecule has 1 saturated carbocycles. The molecule has 1 fully saturated rings. The summed E-state index contributed by atoms with van der Waals surface area (Å²) in [5.41, 5.74) is 0. The molecule has 0 aromatic heterocycles. The average Bonchev–Trinajstić information content (AvgIpc) is 3.32. The van der Waals surface area contributed by atoms with E-state index < -0.39 is 6.10 Å². The zero-order valence-electron chi connectivity index (χ0n) is 15.4. The van der Waals surface area contributed by atoms with Gasteiger partial charge in [-0.1, -0.05) is 37.8 Å². The van der Waals surface area contributed by atoms with Gasteiger partial charge in [0, 0.05) is 12.8 Å². The summed E-state index contributed by atoms with van der Waals surface area (Å²) in [7, 11) is 1.43. The van der Waals surface area contributed by atoms with Crippen LogP contribution in [0.3, 0.4) is 0 Å². The zero-order valence-corrected chi connectivity index (χ0v) is 15.4. The van der Waals surface area contributed by atoms with E-state index in [1.807, 2.05) is 0 Å². The zero-order chi connectivity index (χ0) is 17.6. The molecule has 3 unspecified atom stereocenters. The van der Waals surface area contributed by atoms with E-state index in [2.05, 4.69) is 35.7 Å². The van der Waals surface area contributed by atoms with Gasteiger partial charge in [0.25, 0.3) is 0 Å². The fraction of sp³-hybridized carbons (Fsp3) is 0.762. The minimum Gasteiger partial charge on any atom is -0.469 e. The summed E-state index contributed by atoms with van der Waals surface area (Å²) in [4.78, 5) is 11.0. The molecule has 3 heteroatoms. The summed E-state index contributed by atoms with van der Waals surface area (Å²) in [6, 6.07) is 0. The van der Waals surface area contributed by atoms with Crippen molar-refractivity contribution in [1.29, 1.82) is 0 Å². The predicted octanol–water partition coefficient (Wildman–Crippen LogP) is 4.64. The van der Waals surface area contributed by atoms with Gasteiger partial charge in [0.05, 0.1) is 7.11 Å². The van der Waals surface area contributed by atoms with Crippen molar-refractivity contribution in [2.24, 2.45) is 11.8 Å². The van der Waals surface area contributed by atoms with E-state index in [0.29, 0.717) is 6.42 Å². The quantitative estimate of drug-likeness (QED) is 0.245. The third kappa shape index (κ3) is 10.5. The van der Waals surface area contributed by atoms with Crippen LogP contribution in [0, 0.1) is 23.7 Å². The van der Waals surface area contributed by atoms with E-state index in [9.17, 15) is 9.90 Å². The van der Waals surface area contributed by atoms with Gasteiger partial charge < -0.3 is 9.84 Å². The van der Waals surface area contributed by atoms with Crippen LogP contribution in [-0.4, -0.2) is 24.3 Å². The van der Waals surface area contributed by atoms with Crippen LogP contribution in [0.5, 0.6) is 0 Å². The summed E-state index contributed by atoms with van der Waals surface area (Å²) in [5, 5.41) is 9.76. The largest absolute Gasteiger partial charge is 0.469 e. The lowest BCUT2D eigenvalue weighted by Crippen LogP contribution is -2.02. The average molecular weight is 335 g/mol. The van der Waals surface area contributed by atoms with Crippen LogP contribution in [0.4, 0.5) is 0 Å². The molecule has 3 atom stereocenters. The number of allylic oxidation sites excluding steroid dienone is 2. The van der Waals surface area contributed by atoms with Gasteiger partial charge in [-0.3, -0.25) is 4.79 Å². The molecule has 0 aromatic rings. The van der Waals surface area contributed by atoms with Crippen LogP contribution in [0.15, 0.2) is 12.2 Å². The smallest absolute Gasteiger partial charge is 0.305 e. The van der Waals surface area contributed by atoms with Crippen LogP contribution in [0.1, 0.15) is 77.6 Å². The Morgan fingerprint density at radius 2 is 2.04 bits per heavy atom. The van der Waals surface area contributed by atoms with Crippen LogP contribution >= 0.6 is 0 Å². The lowest BCUT2D eigenvalue weighted by atomic mass is 10.1. The number of hydrogen-bond donors (Lipinski definition) is 1. The molecule has 136 valence electrons. The molecule has 24 heavy (non-hydrogen) atoms. The Morgan fingerprint density at radius 1 is 1.25 bits per heavy atom. The molecule has 0 amide bonds. The molecular formula is C21H34O3. The third-order valence-corrected chi connectivity index (χ3v) is 4.63. The summed E-state index contributed by atoms with van der Waals surface area (Å²) < 4.78 is 4.61. The van der Waals surface area contributed by atoms with Crippen molar-refractivity contribution in [1.82, 2.24) is 0 Å². The molecule has 3 nitrogen and oxygen atoms in total. The van der Waals surface area contributed by atoms with Crippen LogP contribution < -0.4 is 0 Å². The lowest BCUT2D eigenvalue weighted by molar-refractivity contribution is -0.140. The molecular weight excluding hydrogens is 300 g/mol. The first kappa shape index (κ1) is 20.8. The van der Waals surface area contributed by atoms with Crippen LogP contribution in [-0.2, 0) is 9.53 Å². The number of hydrogen-bond acceptors (Lipinski definition) is 3. The summed E-state index contributed by atoms with van der Waals surface area (Å²) in [6.07, 6.45) is 15.1. The fourth-order valence-electron chi connectivity index (χ4n) is 2.89. The Bertz CT molecular complexity index is 430. The standard InChI is InChI=1S/C21H34O3/c1-3-4-8-14-20(22)15-11-13-19-17-18(19)12-9-6-5-7-10-16-21(23)24-2/h5-6,18-20,22H,3-4,7-10,12-14,16-17H2,1-2H3/b6-5+. The Kier molecular flexibility index (Phi) is 11.3. The second-order valence-electron chi connectivity index (χ2n) is 6.81. The Labute approximate surface area is 147 Å². The van der Waals surface area contributed by atoms with Crippen LogP contribution in [0.2, 0.25) is 0 Å². The summed E-state index contributed by atoms with van der Waals surface area (Å²) >= 11 is 0. The number of methoxy groups -OCH3 is 1. The van der Waals surface area contributed by atoms with Crippen molar-refractivity contribution in [3.05, 3.63) is 12.2 Å². The van der Waals surface area contributed by atoms with Gasteiger partial charge >= 0.3 is 5.97 Å². The monoisotopic (exact) mass is 334 g/mol. The first-order valence-electron chi connectivity index (χ1n) is 9.55. The second kappa shape index (κ2) is 13.1. The van der Waals surface area contributed by atoms with Crippen LogP contribution in [0.25, 0.3) is 0 Å². The van der Waals surface area contributed by atoms with E-state index in [1.165, 1.54) is 32.8 Å². The number of ether oxygens (including phenoxy) is 1. The highest BCUT2D eigenvalue weighted by molar-refractivity contribution is 5.69. The highest BCUT2D eigenvalue weighted by atomic mass is 16.5. The molecule has 1 rings (SSSR count). The number of carbonyl (C=O) groups is 1. The molecule has 1 N–H and O–H groups in total. The summed E-state index contributed by atoms with van der Waals surface area (Å²) in [5.74, 6) is 7.60. The molecule has 1 aliphatic carbocycles. The molecule has 0 spiro atoms. The SMILES string of the molecule is CCCCCC(O)C#CCC1CC1CC/C=C/CCCC(=O)OC. The Morgan fingerprint density at radius 3 is 2.79 bits per heavy atom. The minimum absolute atomic E-state index is 0.124. The number of rotatable bonds is 12. The normalized spacial score (nSPS) is 20.5. The van der Waals surface area contributed by atoms with Crippen molar-refractivity contribution in [2.45, 2.75) is 83.7 Å². The lowest BCUT2D eigenvalue weighted by Gasteiger charge is -2.01. The highest BCUT2D eigenvalue weighted by Crippen LogP contribution is 2.44. The number of carbonyl (C=O) groups excluding carboxylic acids is 1. The molecule has 1 aliphatic rings. The molecule has 0 aliphatic heterocycles. The maximum atomic E-state index is 11.0. The van der Waals surface area contributed by atoms with Gasteiger partial charge in [-0.25, -0.2) is 0 Å². The van der Waals surface area contributed by atoms with Crippen molar-refractivity contribution < 1.29 is 14.6 Å². The Balaban J connectivity index is 1.98. The highest BCUT2D eigenvalue weighted by Gasteiger charge is 2.34. The predicted molar refractivity (Wildman–Crippen MR) is 98.4 cm³/mol. The topological polar surface area (TPSA) is 46.5 Å². The second-order valence-corrected chi connectivity index (χ2v) is 6.81. The first-order chi connectivity index (χ1) is 11.7. The van der Waals surface area contributed by atoms with Crippen molar-refractivity contribution in [3.63, 3.8) is 0 Å². The van der Waals surface area contributed by atoms with E-state index in [-0.39, 0.29) is 5.97 Å². The number of esters is 1. The number of aliphatic hydroxyl groups is 1. The van der Waals surface area contributed by atoms with Gasteiger partial charge in [0.15, 0.2) is 0 Å². The third-order valence-electron chi connectivity index (χ3n) is 4.63. The van der Waals surface area contributed by atoms with Gasteiger partial charge in [0.2, 0.25) is 0 Å².